The van der Waals surface area contributed by atoms with Crippen LogP contribution in [0.5, 0.6) is 0 Å². The van der Waals surface area contributed by atoms with Gasteiger partial charge in [-0.15, -0.1) is 0 Å². The second-order valence-electron chi connectivity index (χ2n) is 6.46. The van der Waals surface area contributed by atoms with Gasteiger partial charge < -0.3 is 15.1 Å². The van der Waals surface area contributed by atoms with Crippen LogP contribution in [0.25, 0.3) is 0 Å². The van der Waals surface area contributed by atoms with Crippen LogP contribution in [0.3, 0.4) is 0 Å². The van der Waals surface area contributed by atoms with Gasteiger partial charge in [0.05, 0.1) is 0 Å². The summed E-state index contributed by atoms with van der Waals surface area (Å²) in [5.41, 5.74) is 0.418. The number of hydrogen-bond donors (Lipinski definition) is 1. The molecule has 1 saturated heterocycles. The third-order valence-electron chi connectivity index (χ3n) is 4.49. The molecule has 8 heteroatoms. The quantitative estimate of drug-likeness (QED) is 0.868. The molecular weight excluding hydrogens is 330 g/mol. The van der Waals surface area contributed by atoms with Gasteiger partial charge in [0.2, 0.25) is 5.95 Å². The lowest BCUT2D eigenvalue weighted by atomic mass is 10.2. The number of piperazine rings is 1. The minimum atomic E-state index is -0.151. The number of hydrogen-bond acceptors (Lipinski definition) is 7. The fraction of sp³-hybridized carbons (Fsp3) is 0.500. The van der Waals surface area contributed by atoms with Crippen LogP contribution in [0, 0.1) is 6.92 Å². The number of nitrogens with one attached hydrogen (secondary N) is 1. The molecule has 26 heavy (non-hydrogen) atoms. The van der Waals surface area contributed by atoms with E-state index in [0.29, 0.717) is 11.5 Å². The van der Waals surface area contributed by atoms with Crippen LogP contribution in [-0.2, 0) is 0 Å². The molecular formula is C18H25N7O. The van der Waals surface area contributed by atoms with Gasteiger partial charge in [0.15, 0.2) is 0 Å². The van der Waals surface area contributed by atoms with E-state index in [9.17, 15) is 4.79 Å². The first-order valence-electron chi connectivity index (χ1n) is 9.00. The fourth-order valence-electron chi connectivity index (χ4n) is 2.82. The highest BCUT2D eigenvalue weighted by Crippen LogP contribution is 2.17. The maximum Gasteiger partial charge on any atom is 0.270 e. The molecule has 1 unspecified atom stereocenters. The number of aryl methyl sites for hydroxylation is 1. The molecule has 138 valence electrons. The van der Waals surface area contributed by atoms with Gasteiger partial charge in [-0.2, -0.15) is 0 Å². The zero-order valence-electron chi connectivity index (χ0n) is 15.5. The molecule has 2 aromatic rings. The number of nitrogens with zero attached hydrogens (tertiary/aromatic N) is 6. The van der Waals surface area contributed by atoms with Crippen molar-refractivity contribution in [2.24, 2.45) is 0 Å². The fourth-order valence-corrected chi connectivity index (χ4v) is 2.82. The molecule has 0 radical (unpaired) electrons. The van der Waals surface area contributed by atoms with Gasteiger partial charge in [-0.05, 0) is 26.3 Å². The molecule has 0 saturated carbocycles. The van der Waals surface area contributed by atoms with E-state index >= 15 is 0 Å². The van der Waals surface area contributed by atoms with E-state index in [-0.39, 0.29) is 11.9 Å². The highest BCUT2D eigenvalue weighted by Gasteiger charge is 2.21. The topological polar surface area (TPSA) is 87.1 Å². The number of rotatable bonds is 5. The predicted molar refractivity (Wildman–Crippen MR) is 100 cm³/mol. The summed E-state index contributed by atoms with van der Waals surface area (Å²) in [7, 11) is 0. The van der Waals surface area contributed by atoms with E-state index in [0.717, 1.165) is 44.4 Å². The smallest absolute Gasteiger partial charge is 0.270 e. The number of amides is 1. The van der Waals surface area contributed by atoms with E-state index in [2.05, 4.69) is 35.1 Å². The molecule has 1 aliphatic heterocycles. The lowest BCUT2D eigenvalue weighted by Crippen LogP contribution is -2.47. The molecule has 1 amide bonds. The minimum Gasteiger partial charge on any atom is -0.353 e. The molecule has 0 aliphatic carbocycles. The molecule has 3 rings (SSSR count). The average molecular weight is 355 g/mol. The Labute approximate surface area is 153 Å². The number of aromatic nitrogens is 4. The van der Waals surface area contributed by atoms with Crippen molar-refractivity contribution in [1.82, 2.24) is 25.3 Å². The molecule has 1 aliphatic rings. The van der Waals surface area contributed by atoms with Crippen molar-refractivity contribution in [2.75, 3.05) is 36.0 Å². The van der Waals surface area contributed by atoms with E-state index in [1.165, 1.54) is 0 Å². The van der Waals surface area contributed by atoms with E-state index in [1.54, 1.807) is 18.5 Å². The zero-order valence-corrected chi connectivity index (χ0v) is 15.5. The summed E-state index contributed by atoms with van der Waals surface area (Å²) >= 11 is 0. The molecule has 0 aromatic carbocycles. The Morgan fingerprint density at radius 2 is 1.81 bits per heavy atom. The van der Waals surface area contributed by atoms with Crippen LogP contribution in [0.1, 0.15) is 36.6 Å². The van der Waals surface area contributed by atoms with Crippen molar-refractivity contribution in [3.8, 4) is 0 Å². The number of carbonyl (C=O) groups is 1. The van der Waals surface area contributed by atoms with Crippen LogP contribution < -0.4 is 15.1 Å². The molecule has 3 heterocycles. The maximum absolute atomic E-state index is 12.4. The lowest BCUT2D eigenvalue weighted by molar-refractivity contribution is 0.0934. The summed E-state index contributed by atoms with van der Waals surface area (Å²) in [5, 5.41) is 2.96. The largest absolute Gasteiger partial charge is 0.353 e. The van der Waals surface area contributed by atoms with E-state index in [4.69, 9.17) is 0 Å². The normalized spacial score (nSPS) is 15.7. The molecule has 1 N–H and O–H groups in total. The molecule has 8 nitrogen and oxygen atoms in total. The summed E-state index contributed by atoms with van der Waals surface area (Å²) in [4.78, 5) is 34.2. The van der Waals surface area contributed by atoms with Gasteiger partial charge in [-0.25, -0.2) is 19.9 Å². The van der Waals surface area contributed by atoms with Gasteiger partial charge in [-0.1, -0.05) is 6.92 Å². The van der Waals surface area contributed by atoms with Gasteiger partial charge in [0, 0.05) is 50.7 Å². The van der Waals surface area contributed by atoms with E-state index < -0.39 is 0 Å². The van der Waals surface area contributed by atoms with Crippen LogP contribution in [0.4, 0.5) is 11.8 Å². The highest BCUT2D eigenvalue weighted by atomic mass is 16.1. The Morgan fingerprint density at radius 3 is 2.46 bits per heavy atom. The van der Waals surface area contributed by atoms with Gasteiger partial charge in [0.1, 0.15) is 17.3 Å². The van der Waals surface area contributed by atoms with Crippen molar-refractivity contribution in [2.45, 2.75) is 33.2 Å². The van der Waals surface area contributed by atoms with Crippen LogP contribution in [0.15, 0.2) is 24.5 Å². The van der Waals surface area contributed by atoms with Crippen LogP contribution >= 0.6 is 0 Å². The summed E-state index contributed by atoms with van der Waals surface area (Å²) in [6.07, 6.45) is 4.39. The standard InChI is InChI=1S/C18H25N7O/c1-4-13(2)21-17(26)15-12-16(23-14(3)22-15)24-8-10-25(11-9-24)18-19-6-5-7-20-18/h5-7,12-13H,4,8-11H2,1-3H3,(H,21,26). The van der Waals surface area contributed by atoms with Crippen LogP contribution in [0.2, 0.25) is 0 Å². The summed E-state index contributed by atoms with van der Waals surface area (Å²) < 4.78 is 0. The SMILES string of the molecule is CCC(C)NC(=O)c1cc(N2CCN(c3ncccn3)CC2)nc(C)n1. The van der Waals surface area contributed by atoms with Gasteiger partial charge >= 0.3 is 0 Å². The first kappa shape index (κ1) is 18.0. The maximum atomic E-state index is 12.4. The lowest BCUT2D eigenvalue weighted by Gasteiger charge is -2.35. The third-order valence-corrected chi connectivity index (χ3v) is 4.49. The second kappa shape index (κ2) is 8.07. The third kappa shape index (κ3) is 4.25. The molecule has 1 atom stereocenters. The second-order valence-corrected chi connectivity index (χ2v) is 6.46. The van der Waals surface area contributed by atoms with Crippen molar-refractivity contribution in [1.29, 1.82) is 0 Å². The summed E-state index contributed by atoms with van der Waals surface area (Å²) in [6.45, 7) is 9.04. The minimum absolute atomic E-state index is 0.121. The Morgan fingerprint density at radius 1 is 1.15 bits per heavy atom. The molecule has 0 bridgehead atoms. The van der Waals surface area contributed by atoms with Crippen molar-refractivity contribution < 1.29 is 4.79 Å². The van der Waals surface area contributed by atoms with E-state index in [1.807, 2.05) is 26.8 Å². The number of carbonyl (C=O) groups excluding carboxylic acids is 1. The highest BCUT2D eigenvalue weighted by molar-refractivity contribution is 5.93. The van der Waals surface area contributed by atoms with Crippen molar-refractivity contribution >= 4 is 17.7 Å². The van der Waals surface area contributed by atoms with Gasteiger partial charge in [-0.3, -0.25) is 4.79 Å². The van der Waals surface area contributed by atoms with Crippen LogP contribution in [-0.4, -0.2) is 58.1 Å². The van der Waals surface area contributed by atoms with Crippen molar-refractivity contribution in [3.63, 3.8) is 0 Å². The van der Waals surface area contributed by atoms with Gasteiger partial charge in [0.25, 0.3) is 5.91 Å². The summed E-state index contributed by atoms with van der Waals surface area (Å²) in [6, 6.07) is 3.71. The zero-order chi connectivity index (χ0) is 18.5. The Hall–Kier alpha value is -2.77. The Bertz CT molecular complexity index is 744. The monoisotopic (exact) mass is 355 g/mol. The Balaban J connectivity index is 1.69. The molecule has 1 fully saturated rings. The first-order valence-corrected chi connectivity index (χ1v) is 9.00. The predicted octanol–water partition coefficient (Wildman–Crippen LogP) is 1.43. The number of anilines is 2. The molecule has 0 spiro atoms. The summed E-state index contributed by atoms with van der Waals surface area (Å²) in [5.74, 6) is 1.99. The van der Waals surface area contributed by atoms with Crippen molar-refractivity contribution in [3.05, 3.63) is 36.0 Å². The Kier molecular flexibility index (Phi) is 5.60. The average Bonchev–Trinajstić information content (AvgIpc) is 2.68. The molecule has 2 aromatic heterocycles. The first-order chi connectivity index (χ1) is 12.6.